The summed E-state index contributed by atoms with van der Waals surface area (Å²) < 4.78 is 5.60. The molecule has 0 saturated heterocycles. The van der Waals surface area contributed by atoms with Crippen molar-refractivity contribution in [1.29, 1.82) is 0 Å². The fourth-order valence-electron chi connectivity index (χ4n) is 6.99. The van der Waals surface area contributed by atoms with Gasteiger partial charge < -0.3 is 15.0 Å². The summed E-state index contributed by atoms with van der Waals surface area (Å²) in [7, 11) is 0. The number of amides is 1. The quantitative estimate of drug-likeness (QED) is 0.232. The first-order valence-electron chi connectivity index (χ1n) is 16.3. The maximum absolute atomic E-state index is 13.9. The summed E-state index contributed by atoms with van der Waals surface area (Å²) in [6.07, 6.45) is 11.8. The lowest BCUT2D eigenvalue weighted by atomic mass is 9.70. The lowest BCUT2D eigenvalue weighted by Crippen LogP contribution is -2.49. The molecule has 1 atom stereocenters. The monoisotopic (exact) mass is 605 g/mol. The highest BCUT2D eigenvalue weighted by atomic mass is 16.5. The van der Waals surface area contributed by atoms with E-state index < -0.39 is 11.4 Å². The highest BCUT2D eigenvalue weighted by Crippen LogP contribution is 2.48. The number of benzene rings is 2. The van der Waals surface area contributed by atoms with Gasteiger partial charge in [0, 0.05) is 35.3 Å². The molecule has 1 aliphatic carbocycles. The van der Waals surface area contributed by atoms with Crippen LogP contribution in [0.2, 0.25) is 0 Å². The largest absolute Gasteiger partial charge is 0.465 e. The molecule has 0 radical (unpaired) electrons. The summed E-state index contributed by atoms with van der Waals surface area (Å²) in [4.78, 5) is 34.9. The number of allylic oxidation sites excluding steroid dienone is 8. The second-order valence-electron chi connectivity index (χ2n) is 13.3. The molecular weight excluding hydrogens is 558 g/mol. The molecule has 45 heavy (non-hydrogen) atoms. The molecule has 0 fully saturated rings. The number of anilines is 1. The Morgan fingerprint density at radius 1 is 0.911 bits per heavy atom. The van der Waals surface area contributed by atoms with Crippen molar-refractivity contribution in [2.24, 2.45) is 10.4 Å². The number of nitrogens with one attached hydrogen (secondary N) is 1. The Bertz CT molecular complexity index is 1640. The van der Waals surface area contributed by atoms with Gasteiger partial charge in [-0.25, -0.2) is 0 Å². The third kappa shape index (κ3) is 5.83. The fourth-order valence-corrected chi connectivity index (χ4v) is 6.99. The maximum Gasteiger partial charge on any atom is 0.322 e. The van der Waals surface area contributed by atoms with Gasteiger partial charge in [0.1, 0.15) is 0 Å². The Morgan fingerprint density at radius 2 is 1.62 bits per heavy atom. The number of hydrogen-bond acceptors (Lipinski definition) is 5. The van der Waals surface area contributed by atoms with Crippen LogP contribution < -0.4 is 10.2 Å². The van der Waals surface area contributed by atoms with Crippen molar-refractivity contribution in [3.63, 3.8) is 0 Å². The Morgan fingerprint density at radius 3 is 2.31 bits per heavy atom. The lowest BCUT2D eigenvalue weighted by molar-refractivity contribution is -0.161. The van der Waals surface area contributed by atoms with Gasteiger partial charge in [-0.2, -0.15) is 0 Å². The van der Waals surface area contributed by atoms with E-state index in [0.29, 0.717) is 6.54 Å². The van der Waals surface area contributed by atoms with Crippen molar-refractivity contribution in [2.75, 3.05) is 24.6 Å². The number of aliphatic imine (C=N–C) groups is 1. The number of rotatable bonds is 9. The maximum atomic E-state index is 13.9. The number of nitrogens with zero attached hydrogens (tertiary/aromatic N) is 2. The first kappa shape index (κ1) is 32.2. The molecule has 5 rings (SSSR count). The molecule has 1 unspecified atom stereocenters. The van der Waals surface area contributed by atoms with Gasteiger partial charge in [-0.15, -0.1) is 0 Å². The molecule has 2 aromatic carbocycles. The number of ether oxygens (including phenoxy) is 1. The summed E-state index contributed by atoms with van der Waals surface area (Å²) in [5.41, 5.74) is 6.81. The highest BCUT2D eigenvalue weighted by molar-refractivity contribution is 6.09. The second kappa shape index (κ2) is 12.7. The summed E-state index contributed by atoms with van der Waals surface area (Å²) in [6, 6.07) is 16.8. The van der Waals surface area contributed by atoms with Gasteiger partial charge in [0.2, 0.25) is 5.91 Å². The van der Waals surface area contributed by atoms with Crippen LogP contribution in [0.5, 0.6) is 0 Å². The van der Waals surface area contributed by atoms with Crippen LogP contribution in [0, 0.1) is 5.41 Å². The second-order valence-corrected chi connectivity index (χ2v) is 13.3. The van der Waals surface area contributed by atoms with Crippen molar-refractivity contribution in [2.45, 2.75) is 78.6 Å². The molecule has 3 aliphatic rings. The predicted octanol–water partition coefficient (Wildman–Crippen LogP) is 8.03. The van der Waals surface area contributed by atoms with E-state index in [1.54, 1.807) is 6.92 Å². The van der Waals surface area contributed by atoms with Crippen LogP contribution in [0.3, 0.4) is 0 Å². The van der Waals surface area contributed by atoms with Gasteiger partial charge in [-0.3, -0.25) is 14.6 Å². The normalized spacial score (nSPS) is 23.1. The van der Waals surface area contributed by atoms with E-state index in [1.165, 1.54) is 22.5 Å². The fraction of sp³-hybridized carbons (Fsp3) is 0.410. The van der Waals surface area contributed by atoms with Crippen LogP contribution in [-0.2, 0) is 25.2 Å². The lowest BCUT2D eigenvalue weighted by Gasteiger charge is -2.34. The third-order valence-corrected chi connectivity index (χ3v) is 9.50. The van der Waals surface area contributed by atoms with Crippen LogP contribution in [0.1, 0.15) is 78.9 Å². The number of carbonyl (C=O) groups is 2. The minimum absolute atomic E-state index is 0.192. The van der Waals surface area contributed by atoms with Gasteiger partial charge in [0.25, 0.3) is 0 Å². The van der Waals surface area contributed by atoms with Crippen molar-refractivity contribution >= 4 is 29.0 Å². The Kier molecular flexibility index (Phi) is 9.06. The van der Waals surface area contributed by atoms with Crippen LogP contribution >= 0.6 is 0 Å². The molecule has 0 bridgehead atoms. The molecule has 6 nitrogen and oxygen atoms in total. The molecule has 2 aromatic rings. The smallest absolute Gasteiger partial charge is 0.322 e. The minimum Gasteiger partial charge on any atom is -0.465 e. The standard InChI is InChI=1S/C39H47N3O3/c1-8-23-40-35(43)39(36(44)45-10-3)25-27(19-21-33-37(4,5)29-15-11-13-17-31(29)41-33)24-28(26-39)20-22-34-38(6,7)30-16-12-14-18-32(30)42(34)9-2/h11-22,24H,8-10,23,25-26H2,1-7H3,(H,40,43)/b21-19+,28-20-,34-22+. The molecule has 1 amide bonds. The van der Waals surface area contributed by atoms with E-state index in [2.05, 4.69) is 93.4 Å². The number of hydrogen-bond donors (Lipinski definition) is 1. The van der Waals surface area contributed by atoms with Crippen LogP contribution in [-0.4, -0.2) is 37.3 Å². The summed E-state index contributed by atoms with van der Waals surface area (Å²) >= 11 is 0. The van der Waals surface area contributed by atoms with Gasteiger partial charge in [-0.1, -0.05) is 89.2 Å². The zero-order valence-corrected chi connectivity index (χ0v) is 27.9. The van der Waals surface area contributed by atoms with E-state index >= 15 is 0 Å². The number of likely N-dealkylation sites (N-methyl/N-ethyl adjacent to an activating group) is 1. The third-order valence-electron chi connectivity index (χ3n) is 9.50. The molecule has 0 aromatic heterocycles. The predicted molar refractivity (Wildman–Crippen MR) is 184 cm³/mol. The van der Waals surface area contributed by atoms with Gasteiger partial charge in [0.05, 0.1) is 18.0 Å². The molecule has 2 aliphatic heterocycles. The summed E-state index contributed by atoms with van der Waals surface area (Å²) in [5.74, 6) is -0.763. The Balaban J connectivity index is 1.59. The Hall–Kier alpha value is -4.19. The van der Waals surface area contributed by atoms with E-state index in [1.807, 2.05) is 37.3 Å². The SMILES string of the molecule is CCCNC(=O)C1(C(=O)OCC)CC(/C=C/C2=Nc3ccccc3C2(C)C)=CC(=C/C=C2/N(CC)c3ccccc3C2(C)C)/C1. The number of para-hydroxylation sites is 2. The van der Waals surface area contributed by atoms with Crippen molar-refractivity contribution < 1.29 is 14.3 Å². The van der Waals surface area contributed by atoms with Crippen molar-refractivity contribution in [3.05, 3.63) is 107 Å². The number of esters is 1. The molecular formula is C39H47N3O3. The zero-order valence-electron chi connectivity index (χ0n) is 27.9. The summed E-state index contributed by atoms with van der Waals surface area (Å²) in [6.45, 7) is 16.4. The van der Waals surface area contributed by atoms with Gasteiger partial charge >= 0.3 is 5.97 Å². The Labute approximate surface area is 268 Å². The molecule has 0 spiro atoms. The van der Waals surface area contributed by atoms with Crippen LogP contribution in [0.4, 0.5) is 11.4 Å². The molecule has 236 valence electrons. The molecule has 6 heteroatoms. The average Bonchev–Trinajstić information content (AvgIpc) is 3.42. The summed E-state index contributed by atoms with van der Waals surface area (Å²) in [5, 5.41) is 3.02. The molecule has 2 heterocycles. The first-order valence-corrected chi connectivity index (χ1v) is 16.3. The molecule has 0 saturated carbocycles. The number of carbonyl (C=O) groups excluding carboxylic acids is 2. The van der Waals surface area contributed by atoms with Crippen molar-refractivity contribution in [3.8, 4) is 0 Å². The van der Waals surface area contributed by atoms with Gasteiger partial charge in [-0.05, 0) is 79.7 Å². The average molecular weight is 606 g/mol. The first-order chi connectivity index (χ1) is 21.5. The van der Waals surface area contributed by atoms with Gasteiger partial charge in [0.15, 0.2) is 5.41 Å². The van der Waals surface area contributed by atoms with Crippen LogP contribution in [0.25, 0.3) is 0 Å². The molecule has 1 N–H and O–H groups in total. The van der Waals surface area contributed by atoms with E-state index in [4.69, 9.17) is 9.73 Å². The highest BCUT2D eigenvalue weighted by Gasteiger charge is 2.49. The van der Waals surface area contributed by atoms with E-state index in [-0.39, 0.29) is 36.2 Å². The van der Waals surface area contributed by atoms with Crippen LogP contribution in [0.15, 0.2) is 101 Å². The topological polar surface area (TPSA) is 71.0 Å². The van der Waals surface area contributed by atoms with E-state index in [0.717, 1.165) is 35.5 Å². The zero-order chi connectivity index (χ0) is 32.4. The van der Waals surface area contributed by atoms with Crippen molar-refractivity contribution in [1.82, 2.24) is 5.32 Å². The number of fused-ring (bicyclic) bond motifs is 2. The van der Waals surface area contributed by atoms with E-state index in [9.17, 15) is 9.59 Å². The minimum atomic E-state index is -1.36.